The van der Waals surface area contributed by atoms with E-state index < -0.39 is 0 Å². The molecule has 1 fully saturated rings. The molecule has 1 radical (unpaired) electrons. The fourth-order valence-electron chi connectivity index (χ4n) is 1.42. The van der Waals surface area contributed by atoms with E-state index in [2.05, 4.69) is 21.2 Å². The van der Waals surface area contributed by atoms with Crippen LogP contribution < -0.4 is 5.32 Å². The molecule has 4 heteroatoms. The molecule has 2 rings (SSSR count). The van der Waals surface area contributed by atoms with Gasteiger partial charge < -0.3 is 4.90 Å². The number of carbonyl (C=O) groups excluding carboxylic acids is 1. The van der Waals surface area contributed by atoms with Crippen LogP contribution in [0.5, 0.6) is 0 Å². The van der Waals surface area contributed by atoms with Crippen molar-refractivity contribution in [2.75, 3.05) is 13.1 Å². The van der Waals surface area contributed by atoms with E-state index in [1.165, 1.54) is 0 Å². The summed E-state index contributed by atoms with van der Waals surface area (Å²) < 4.78 is 1.05. The molecule has 0 bridgehead atoms. The third-order valence-electron chi connectivity index (χ3n) is 2.17. The summed E-state index contributed by atoms with van der Waals surface area (Å²) in [7, 11) is 0. The Kier molecular flexibility index (Phi) is 2.72. The van der Waals surface area contributed by atoms with Gasteiger partial charge >= 0.3 is 6.03 Å². The van der Waals surface area contributed by atoms with Crippen LogP contribution in [0.3, 0.4) is 0 Å². The normalized spacial score (nSPS) is 15.8. The topological polar surface area (TPSA) is 34.4 Å². The number of rotatable bonds is 2. The summed E-state index contributed by atoms with van der Waals surface area (Å²) in [6.45, 7) is 2.04. The Labute approximate surface area is 91.2 Å². The highest BCUT2D eigenvalue weighted by atomic mass is 79.9. The van der Waals surface area contributed by atoms with Crippen LogP contribution in [0.25, 0.3) is 0 Å². The molecular weight excluding hydrogens is 244 g/mol. The molecule has 0 aromatic heterocycles. The highest BCUT2D eigenvalue weighted by molar-refractivity contribution is 9.10. The van der Waals surface area contributed by atoms with E-state index in [0.717, 1.165) is 16.6 Å². The second-order valence-electron chi connectivity index (χ2n) is 3.21. The molecule has 0 atom stereocenters. The fraction of sp³-hybridized carbons (Fsp3) is 0.300. The van der Waals surface area contributed by atoms with Crippen LogP contribution in [-0.2, 0) is 6.54 Å². The number of carbonyl (C=O) groups is 1. The van der Waals surface area contributed by atoms with Gasteiger partial charge in [0.1, 0.15) is 0 Å². The van der Waals surface area contributed by atoms with Crippen molar-refractivity contribution in [1.82, 2.24) is 10.2 Å². The molecule has 1 heterocycles. The first-order chi connectivity index (χ1) is 6.75. The van der Waals surface area contributed by atoms with Gasteiger partial charge in [-0.05, 0) is 17.7 Å². The summed E-state index contributed by atoms with van der Waals surface area (Å²) in [4.78, 5) is 12.9. The zero-order valence-electron chi connectivity index (χ0n) is 7.61. The lowest BCUT2D eigenvalue weighted by Crippen LogP contribution is -2.25. The number of amides is 2. The minimum absolute atomic E-state index is 0.0899. The molecule has 0 aliphatic carbocycles. The molecule has 1 aromatic carbocycles. The Balaban J connectivity index is 2.03. The van der Waals surface area contributed by atoms with Crippen molar-refractivity contribution in [3.63, 3.8) is 0 Å². The largest absolute Gasteiger partial charge is 0.339 e. The zero-order valence-corrected chi connectivity index (χ0v) is 9.20. The molecule has 73 valence electrons. The van der Waals surface area contributed by atoms with Gasteiger partial charge in [0.2, 0.25) is 0 Å². The maximum atomic E-state index is 11.2. The number of hydrogen-bond acceptors (Lipinski definition) is 1. The smallest absolute Gasteiger partial charge is 0.317 e. The quantitative estimate of drug-likeness (QED) is 0.794. The average Bonchev–Trinajstić information content (AvgIpc) is 2.56. The molecule has 0 N–H and O–H groups in total. The predicted octanol–water partition coefficient (Wildman–Crippen LogP) is 1.99. The minimum atomic E-state index is -0.0899. The first kappa shape index (κ1) is 9.52. The van der Waals surface area contributed by atoms with Gasteiger partial charge in [0.05, 0.1) is 6.54 Å². The van der Waals surface area contributed by atoms with Gasteiger partial charge in [-0.1, -0.05) is 28.1 Å². The van der Waals surface area contributed by atoms with Crippen LogP contribution in [0, 0.1) is 0 Å². The van der Waals surface area contributed by atoms with Gasteiger partial charge in [-0.3, -0.25) is 0 Å². The van der Waals surface area contributed by atoms with Crippen LogP contribution in [0.1, 0.15) is 5.56 Å². The van der Waals surface area contributed by atoms with Gasteiger partial charge in [0.25, 0.3) is 0 Å². The van der Waals surface area contributed by atoms with Crippen LogP contribution in [0.15, 0.2) is 28.7 Å². The average molecular weight is 254 g/mol. The summed E-state index contributed by atoms with van der Waals surface area (Å²) in [5.74, 6) is 0. The first-order valence-corrected chi connectivity index (χ1v) is 5.26. The monoisotopic (exact) mass is 253 g/mol. The van der Waals surface area contributed by atoms with Gasteiger partial charge in [-0.15, -0.1) is 0 Å². The number of halogens is 1. The van der Waals surface area contributed by atoms with Crippen molar-refractivity contribution in [3.8, 4) is 0 Å². The highest BCUT2D eigenvalue weighted by Gasteiger charge is 2.20. The molecule has 14 heavy (non-hydrogen) atoms. The molecule has 1 aliphatic heterocycles. The lowest BCUT2D eigenvalue weighted by molar-refractivity contribution is 0.215. The van der Waals surface area contributed by atoms with Crippen LogP contribution in [0.4, 0.5) is 4.79 Å². The summed E-state index contributed by atoms with van der Waals surface area (Å²) in [5, 5.41) is 3.81. The number of urea groups is 1. The van der Waals surface area contributed by atoms with Crippen molar-refractivity contribution < 1.29 is 4.79 Å². The number of nitrogens with zero attached hydrogens (tertiary/aromatic N) is 2. The van der Waals surface area contributed by atoms with Gasteiger partial charge in [0, 0.05) is 17.6 Å². The molecule has 0 saturated carbocycles. The predicted molar refractivity (Wildman–Crippen MR) is 56.9 cm³/mol. The molecule has 0 unspecified atom stereocenters. The van der Waals surface area contributed by atoms with E-state index in [1.807, 2.05) is 24.3 Å². The highest BCUT2D eigenvalue weighted by Crippen LogP contribution is 2.13. The van der Waals surface area contributed by atoms with Crippen LogP contribution in [0.2, 0.25) is 0 Å². The molecule has 2 amide bonds. The second kappa shape index (κ2) is 4.00. The van der Waals surface area contributed by atoms with E-state index in [1.54, 1.807) is 4.90 Å². The third kappa shape index (κ3) is 2.07. The molecule has 1 saturated heterocycles. The van der Waals surface area contributed by atoms with Crippen LogP contribution >= 0.6 is 15.9 Å². The van der Waals surface area contributed by atoms with E-state index >= 15 is 0 Å². The van der Waals surface area contributed by atoms with Crippen molar-refractivity contribution in [2.45, 2.75) is 6.54 Å². The molecule has 1 aromatic rings. The Hall–Kier alpha value is -1.03. The lowest BCUT2D eigenvalue weighted by Gasteiger charge is -2.13. The third-order valence-corrected chi connectivity index (χ3v) is 2.70. The molecule has 3 nitrogen and oxygen atoms in total. The number of hydrogen-bond donors (Lipinski definition) is 0. The van der Waals surface area contributed by atoms with Crippen molar-refractivity contribution in [2.24, 2.45) is 0 Å². The van der Waals surface area contributed by atoms with Crippen molar-refractivity contribution >= 4 is 22.0 Å². The molecular formula is C10H10BrN2O. The number of benzene rings is 1. The first-order valence-electron chi connectivity index (χ1n) is 4.46. The van der Waals surface area contributed by atoms with E-state index in [-0.39, 0.29) is 6.03 Å². The lowest BCUT2D eigenvalue weighted by atomic mass is 10.2. The summed E-state index contributed by atoms with van der Waals surface area (Å²) in [5.41, 5.74) is 1.14. The fourth-order valence-corrected chi connectivity index (χ4v) is 1.68. The Morgan fingerprint density at radius 2 is 2.07 bits per heavy atom. The van der Waals surface area contributed by atoms with E-state index in [9.17, 15) is 4.79 Å². The van der Waals surface area contributed by atoms with Gasteiger partial charge in [-0.25, -0.2) is 10.1 Å². The minimum Gasteiger partial charge on any atom is -0.317 e. The summed E-state index contributed by atoms with van der Waals surface area (Å²) >= 11 is 3.37. The Morgan fingerprint density at radius 3 is 2.64 bits per heavy atom. The standard InChI is InChI=1S/C10H10BrN2O/c11-9-3-1-8(2-4-9)7-13-6-5-12-10(13)14/h1-4H,5-7H2. The Morgan fingerprint density at radius 1 is 1.36 bits per heavy atom. The maximum absolute atomic E-state index is 11.2. The zero-order chi connectivity index (χ0) is 9.97. The van der Waals surface area contributed by atoms with E-state index in [4.69, 9.17) is 0 Å². The Bertz CT molecular complexity index is 336. The van der Waals surface area contributed by atoms with Crippen molar-refractivity contribution in [1.29, 1.82) is 0 Å². The maximum Gasteiger partial charge on any atom is 0.339 e. The summed E-state index contributed by atoms with van der Waals surface area (Å²) in [6.07, 6.45) is 0. The second-order valence-corrected chi connectivity index (χ2v) is 4.13. The summed E-state index contributed by atoms with van der Waals surface area (Å²) in [6, 6.07) is 7.89. The van der Waals surface area contributed by atoms with Gasteiger partial charge in [-0.2, -0.15) is 0 Å². The molecule has 0 spiro atoms. The van der Waals surface area contributed by atoms with Crippen molar-refractivity contribution in [3.05, 3.63) is 34.3 Å². The SMILES string of the molecule is O=C1[N]CCN1Cc1ccc(Br)cc1. The van der Waals surface area contributed by atoms with E-state index in [0.29, 0.717) is 13.1 Å². The molecule has 1 aliphatic rings. The van der Waals surface area contributed by atoms with Gasteiger partial charge in [0.15, 0.2) is 0 Å². The van der Waals surface area contributed by atoms with Crippen LogP contribution in [-0.4, -0.2) is 24.0 Å².